The number of hydrogen-bond acceptors (Lipinski definition) is 2. The topological polar surface area (TPSA) is 38.1 Å². The average molecular weight is 290 g/mol. The Morgan fingerprint density at radius 2 is 2.05 bits per heavy atom. The van der Waals surface area contributed by atoms with Gasteiger partial charge in [-0.05, 0) is 12.5 Å². The minimum Gasteiger partial charge on any atom is -0.273 e. The van der Waals surface area contributed by atoms with E-state index in [1.54, 1.807) is 11.7 Å². The van der Waals surface area contributed by atoms with Gasteiger partial charge in [0.1, 0.15) is 11.7 Å². The van der Waals surface area contributed by atoms with Crippen molar-refractivity contribution in [3.05, 3.63) is 54.2 Å². The van der Waals surface area contributed by atoms with E-state index in [0.717, 1.165) is 11.3 Å². The molecule has 5 heteroatoms. The van der Waals surface area contributed by atoms with Gasteiger partial charge in [-0.25, -0.2) is 0 Å². The fraction of sp³-hybridized carbons (Fsp3) is 0.200. The van der Waals surface area contributed by atoms with Crippen molar-refractivity contribution in [3.63, 3.8) is 0 Å². The lowest BCUT2D eigenvalue weighted by Gasteiger charge is -2.24. The van der Waals surface area contributed by atoms with Gasteiger partial charge in [-0.2, -0.15) is 5.10 Å². The Morgan fingerprint density at radius 3 is 2.55 bits per heavy atom. The van der Waals surface area contributed by atoms with Crippen molar-refractivity contribution >= 4 is 29.0 Å². The summed E-state index contributed by atoms with van der Waals surface area (Å²) in [5.41, 5.74) is 2.28. The number of halogens is 1. The maximum atomic E-state index is 12.2. The molecule has 0 bridgehead atoms. The van der Waals surface area contributed by atoms with Crippen LogP contribution < -0.4 is 4.90 Å². The molecule has 1 aromatic carbocycles. The second kappa shape index (κ2) is 5.92. The largest absolute Gasteiger partial charge is 0.273 e. The molecule has 0 N–H and O–H groups in total. The third kappa shape index (κ3) is 2.75. The second-order valence-corrected chi connectivity index (χ2v) is 4.71. The first kappa shape index (κ1) is 14.3. The zero-order valence-corrected chi connectivity index (χ0v) is 12.3. The Balaban J connectivity index is 2.46. The lowest BCUT2D eigenvalue weighted by Crippen LogP contribution is -2.31. The van der Waals surface area contributed by atoms with Crippen molar-refractivity contribution in [1.29, 1.82) is 0 Å². The SMILES string of the molecule is C=C(c1ccccc1)N(C(=O)CCl)c1cc(C)nn1C. The van der Waals surface area contributed by atoms with Gasteiger partial charge in [0.2, 0.25) is 5.91 Å². The molecule has 4 nitrogen and oxygen atoms in total. The van der Waals surface area contributed by atoms with Crippen molar-refractivity contribution in [2.75, 3.05) is 10.8 Å². The number of nitrogens with zero attached hydrogens (tertiary/aromatic N) is 3. The zero-order valence-electron chi connectivity index (χ0n) is 11.5. The number of hydrogen-bond donors (Lipinski definition) is 0. The Kier molecular flexibility index (Phi) is 4.25. The fourth-order valence-electron chi connectivity index (χ4n) is 2.04. The van der Waals surface area contributed by atoms with Crippen molar-refractivity contribution in [2.24, 2.45) is 7.05 Å². The number of benzene rings is 1. The number of carbonyl (C=O) groups excluding carboxylic acids is 1. The van der Waals surface area contributed by atoms with E-state index in [-0.39, 0.29) is 11.8 Å². The van der Waals surface area contributed by atoms with Crippen LogP contribution in [0.25, 0.3) is 5.70 Å². The lowest BCUT2D eigenvalue weighted by molar-refractivity contribution is -0.115. The molecule has 0 unspecified atom stereocenters. The molecule has 104 valence electrons. The first-order valence-electron chi connectivity index (χ1n) is 6.18. The number of aryl methyl sites for hydroxylation is 2. The maximum Gasteiger partial charge on any atom is 0.247 e. The molecule has 0 aliphatic rings. The zero-order chi connectivity index (χ0) is 14.7. The van der Waals surface area contributed by atoms with E-state index in [1.807, 2.05) is 43.3 Å². The average Bonchev–Trinajstić information content (AvgIpc) is 2.78. The first-order valence-corrected chi connectivity index (χ1v) is 6.72. The number of amides is 1. The summed E-state index contributed by atoms with van der Waals surface area (Å²) in [6.45, 7) is 5.90. The molecule has 2 aromatic rings. The molecular formula is C15H16ClN3O. The summed E-state index contributed by atoms with van der Waals surface area (Å²) in [5.74, 6) is 0.307. The van der Waals surface area contributed by atoms with E-state index in [4.69, 9.17) is 11.6 Å². The highest BCUT2D eigenvalue weighted by molar-refractivity contribution is 6.30. The number of aromatic nitrogens is 2. The van der Waals surface area contributed by atoms with Crippen molar-refractivity contribution < 1.29 is 4.79 Å². The molecule has 0 fully saturated rings. The number of carbonyl (C=O) groups is 1. The minimum atomic E-state index is -0.233. The highest BCUT2D eigenvalue weighted by atomic mass is 35.5. The summed E-state index contributed by atoms with van der Waals surface area (Å²) in [6.07, 6.45) is 0. The standard InChI is InChI=1S/C15H16ClN3O/c1-11-9-14(18(3)17-11)19(15(20)10-16)12(2)13-7-5-4-6-8-13/h4-9H,2,10H2,1,3H3. The molecule has 0 saturated carbocycles. The molecule has 1 heterocycles. The van der Waals surface area contributed by atoms with Crippen LogP contribution in [0, 0.1) is 6.92 Å². The quantitative estimate of drug-likeness (QED) is 0.812. The molecular weight excluding hydrogens is 274 g/mol. The highest BCUT2D eigenvalue weighted by Gasteiger charge is 2.22. The van der Waals surface area contributed by atoms with E-state index in [1.165, 1.54) is 4.90 Å². The summed E-state index contributed by atoms with van der Waals surface area (Å²) < 4.78 is 1.65. The van der Waals surface area contributed by atoms with Crippen molar-refractivity contribution in [3.8, 4) is 0 Å². The van der Waals surface area contributed by atoms with E-state index in [2.05, 4.69) is 11.7 Å². The Hall–Kier alpha value is -2.07. The van der Waals surface area contributed by atoms with Crippen LogP contribution in [0.5, 0.6) is 0 Å². The summed E-state index contributed by atoms with van der Waals surface area (Å²) in [6, 6.07) is 11.4. The molecule has 0 saturated heterocycles. The van der Waals surface area contributed by atoms with Gasteiger partial charge in [-0.15, -0.1) is 11.6 Å². The summed E-state index contributed by atoms with van der Waals surface area (Å²) >= 11 is 5.73. The van der Waals surface area contributed by atoms with Crippen LogP contribution >= 0.6 is 11.6 Å². The first-order chi connectivity index (χ1) is 9.54. The van der Waals surface area contributed by atoms with Gasteiger partial charge in [0.25, 0.3) is 0 Å². The molecule has 1 amide bonds. The van der Waals surface area contributed by atoms with Gasteiger partial charge in [0, 0.05) is 13.1 Å². The molecule has 0 spiro atoms. The van der Waals surface area contributed by atoms with Crippen LogP contribution in [0.3, 0.4) is 0 Å². The van der Waals surface area contributed by atoms with E-state index >= 15 is 0 Å². The summed E-state index contributed by atoms with van der Waals surface area (Å²) in [7, 11) is 1.79. The van der Waals surface area contributed by atoms with Crippen LogP contribution in [-0.2, 0) is 11.8 Å². The molecule has 0 aliphatic heterocycles. The van der Waals surface area contributed by atoms with Crippen LogP contribution in [0.4, 0.5) is 5.82 Å². The number of anilines is 1. The van der Waals surface area contributed by atoms with Gasteiger partial charge < -0.3 is 0 Å². The Labute approximate surface area is 123 Å². The third-order valence-electron chi connectivity index (χ3n) is 2.95. The third-order valence-corrected chi connectivity index (χ3v) is 3.18. The molecule has 20 heavy (non-hydrogen) atoms. The molecule has 0 aliphatic carbocycles. The van der Waals surface area contributed by atoms with Crippen LogP contribution in [0.1, 0.15) is 11.3 Å². The predicted molar refractivity (Wildman–Crippen MR) is 81.6 cm³/mol. The second-order valence-electron chi connectivity index (χ2n) is 4.44. The molecule has 2 rings (SSSR count). The minimum absolute atomic E-state index is 0.115. The fourth-order valence-corrected chi connectivity index (χ4v) is 2.16. The van der Waals surface area contributed by atoms with E-state index in [0.29, 0.717) is 11.5 Å². The van der Waals surface area contributed by atoms with Crippen molar-refractivity contribution in [1.82, 2.24) is 9.78 Å². The predicted octanol–water partition coefficient (Wildman–Crippen LogP) is 2.97. The summed E-state index contributed by atoms with van der Waals surface area (Å²) in [4.78, 5) is 13.7. The monoisotopic (exact) mass is 289 g/mol. The van der Waals surface area contributed by atoms with Crippen LogP contribution in [0.15, 0.2) is 43.0 Å². The van der Waals surface area contributed by atoms with Gasteiger partial charge in [-0.3, -0.25) is 14.4 Å². The number of rotatable bonds is 4. The van der Waals surface area contributed by atoms with E-state index < -0.39 is 0 Å². The van der Waals surface area contributed by atoms with E-state index in [9.17, 15) is 4.79 Å². The Morgan fingerprint density at radius 1 is 1.40 bits per heavy atom. The molecule has 0 radical (unpaired) electrons. The van der Waals surface area contributed by atoms with Gasteiger partial charge in [0.15, 0.2) is 0 Å². The van der Waals surface area contributed by atoms with Gasteiger partial charge >= 0.3 is 0 Å². The van der Waals surface area contributed by atoms with Gasteiger partial charge in [0.05, 0.1) is 11.4 Å². The van der Waals surface area contributed by atoms with Gasteiger partial charge in [-0.1, -0.05) is 36.9 Å². The Bertz CT molecular complexity index is 634. The van der Waals surface area contributed by atoms with Crippen molar-refractivity contribution in [2.45, 2.75) is 6.92 Å². The highest BCUT2D eigenvalue weighted by Crippen LogP contribution is 2.25. The lowest BCUT2D eigenvalue weighted by atomic mass is 10.1. The normalized spacial score (nSPS) is 10.3. The maximum absolute atomic E-state index is 12.2. The summed E-state index contributed by atoms with van der Waals surface area (Å²) in [5, 5.41) is 4.26. The number of alkyl halides is 1. The van der Waals surface area contributed by atoms with Crippen LogP contribution in [-0.4, -0.2) is 21.6 Å². The van der Waals surface area contributed by atoms with Crippen LogP contribution in [0.2, 0.25) is 0 Å². The smallest absolute Gasteiger partial charge is 0.247 e. The molecule has 1 aromatic heterocycles. The molecule has 0 atom stereocenters.